The Balaban J connectivity index is 3.14. The van der Waals surface area contributed by atoms with Gasteiger partial charge in [0.25, 0.3) is 0 Å². The van der Waals surface area contributed by atoms with Gasteiger partial charge in [-0.1, -0.05) is 6.08 Å². The Morgan fingerprint density at radius 2 is 2.43 bits per heavy atom. The normalized spacial score (nSPS) is 9.86. The van der Waals surface area contributed by atoms with Crippen LogP contribution in [0.2, 0.25) is 0 Å². The lowest BCUT2D eigenvalue weighted by molar-refractivity contribution is -0.468. The molecule has 3 nitrogen and oxygen atoms in total. The molecule has 0 saturated carbocycles. The molecule has 40 valence electrons. The number of allylic oxidation sites excluding steroid dienone is 1. The lowest BCUT2D eigenvalue weighted by Crippen LogP contribution is -1.94. The van der Waals surface area contributed by atoms with E-state index in [9.17, 15) is 10.1 Å². The Kier molecular flexibility index (Phi) is 2.92. The highest BCUT2D eigenvalue weighted by molar-refractivity contribution is 4.74. The van der Waals surface area contributed by atoms with Crippen molar-refractivity contribution in [2.45, 2.75) is 6.92 Å². The molecule has 7 heavy (non-hydrogen) atoms. The van der Waals surface area contributed by atoms with Crippen molar-refractivity contribution in [2.75, 3.05) is 6.54 Å². The van der Waals surface area contributed by atoms with Gasteiger partial charge in [0.15, 0.2) is 0 Å². The lowest BCUT2D eigenvalue weighted by atomic mass is 10.5. The summed E-state index contributed by atoms with van der Waals surface area (Å²) in [5.41, 5.74) is 0. The third-order valence-electron chi connectivity index (χ3n) is 0.490. The van der Waals surface area contributed by atoms with E-state index in [1.165, 1.54) is 6.08 Å². The molecule has 0 aliphatic rings. The Morgan fingerprint density at radius 3 is 2.57 bits per heavy atom. The fourth-order valence-corrected chi connectivity index (χ4v) is 0.191. The average molecular weight is 101 g/mol. The molecule has 0 bridgehead atoms. The Bertz CT molecular complexity index is 87.7. The molecule has 0 radical (unpaired) electrons. The van der Waals surface area contributed by atoms with Gasteiger partial charge >= 0.3 is 0 Å². The third-order valence-corrected chi connectivity index (χ3v) is 0.490. The van der Waals surface area contributed by atoms with Crippen LogP contribution >= 0.6 is 0 Å². The maximum atomic E-state index is 9.51. The zero-order valence-corrected chi connectivity index (χ0v) is 4.13. The predicted octanol–water partition coefficient (Wildman–Crippen LogP) is 0.839. The molecule has 0 aromatic carbocycles. The molecule has 0 aromatic heterocycles. The van der Waals surface area contributed by atoms with Crippen LogP contribution in [0.1, 0.15) is 6.92 Å². The van der Waals surface area contributed by atoms with E-state index in [0.29, 0.717) is 0 Å². The monoisotopic (exact) mass is 101 g/mol. The maximum Gasteiger partial charge on any atom is 0.222 e. The molecule has 0 amide bonds. The first-order valence-corrected chi connectivity index (χ1v) is 2.00. The van der Waals surface area contributed by atoms with Gasteiger partial charge in [-0.2, -0.15) is 0 Å². The quantitative estimate of drug-likeness (QED) is 0.294. The second kappa shape index (κ2) is 3.33. The van der Waals surface area contributed by atoms with Crippen molar-refractivity contribution in [1.29, 1.82) is 0 Å². The summed E-state index contributed by atoms with van der Waals surface area (Å²) < 4.78 is 0. The average Bonchev–Trinajstić information content (AvgIpc) is 1.61. The van der Waals surface area contributed by atoms with Gasteiger partial charge in [0.2, 0.25) is 6.54 Å². The molecule has 0 fully saturated rings. The topological polar surface area (TPSA) is 43.1 Å². The second-order valence-corrected chi connectivity index (χ2v) is 1.08. The molecule has 0 aliphatic heterocycles. The van der Waals surface area contributed by atoms with Gasteiger partial charge < -0.3 is 0 Å². The number of hydrogen-bond acceptors (Lipinski definition) is 2. The van der Waals surface area contributed by atoms with Crippen molar-refractivity contribution in [3.05, 3.63) is 22.3 Å². The molecule has 0 spiro atoms. The first-order chi connectivity index (χ1) is 3.27. The van der Waals surface area contributed by atoms with E-state index in [1.807, 2.05) is 0 Å². The highest BCUT2D eigenvalue weighted by Crippen LogP contribution is 1.70. The molecular formula is C4H7NO2. The van der Waals surface area contributed by atoms with Crippen molar-refractivity contribution in [3.8, 4) is 0 Å². The molecule has 0 heterocycles. The van der Waals surface area contributed by atoms with Crippen molar-refractivity contribution < 1.29 is 4.92 Å². The fraction of sp³-hybridized carbons (Fsp3) is 0.500. The van der Waals surface area contributed by atoms with Gasteiger partial charge in [-0.05, 0) is 13.0 Å². The van der Waals surface area contributed by atoms with Crippen molar-refractivity contribution in [3.63, 3.8) is 0 Å². The smallest absolute Gasteiger partial charge is 0.222 e. The van der Waals surface area contributed by atoms with Crippen LogP contribution in [0.3, 0.4) is 0 Å². The van der Waals surface area contributed by atoms with E-state index in [2.05, 4.69) is 0 Å². The molecule has 0 unspecified atom stereocenters. The maximum absolute atomic E-state index is 9.51. The standard InChI is InChI=1S/C4H7NO2/c1-2-3-4-5(6)7/h2-3H,4H2,1H3/b3-2-. The molecule has 0 aromatic rings. The first kappa shape index (κ1) is 6.14. The minimum atomic E-state index is -0.375. The lowest BCUT2D eigenvalue weighted by Gasteiger charge is -1.78. The number of nitro groups is 1. The summed E-state index contributed by atoms with van der Waals surface area (Å²) in [4.78, 5) is 9.14. The summed E-state index contributed by atoms with van der Waals surface area (Å²) >= 11 is 0. The highest BCUT2D eigenvalue weighted by atomic mass is 16.6. The van der Waals surface area contributed by atoms with Gasteiger partial charge in [0.05, 0.1) is 0 Å². The van der Waals surface area contributed by atoms with E-state index in [-0.39, 0.29) is 11.5 Å². The fourth-order valence-electron chi connectivity index (χ4n) is 0.191. The van der Waals surface area contributed by atoms with Crippen LogP contribution in [0.25, 0.3) is 0 Å². The third kappa shape index (κ3) is 5.14. The van der Waals surface area contributed by atoms with Crippen molar-refractivity contribution in [2.24, 2.45) is 0 Å². The largest absolute Gasteiger partial charge is 0.264 e. The molecule has 0 aliphatic carbocycles. The van der Waals surface area contributed by atoms with Crippen LogP contribution in [0, 0.1) is 10.1 Å². The van der Waals surface area contributed by atoms with E-state index >= 15 is 0 Å². The van der Waals surface area contributed by atoms with E-state index < -0.39 is 0 Å². The number of nitrogens with zero attached hydrogens (tertiary/aromatic N) is 1. The minimum absolute atomic E-state index is 0.0590. The predicted molar refractivity (Wildman–Crippen MR) is 26.7 cm³/mol. The summed E-state index contributed by atoms with van der Waals surface area (Å²) in [7, 11) is 0. The van der Waals surface area contributed by atoms with Gasteiger partial charge in [0, 0.05) is 4.92 Å². The van der Waals surface area contributed by atoms with E-state index in [1.54, 1.807) is 13.0 Å². The molecule has 0 saturated heterocycles. The molecule has 0 rings (SSSR count). The Hall–Kier alpha value is -0.860. The van der Waals surface area contributed by atoms with Crippen LogP contribution in [-0.2, 0) is 0 Å². The summed E-state index contributed by atoms with van der Waals surface area (Å²) in [6.45, 7) is 1.69. The second-order valence-electron chi connectivity index (χ2n) is 1.08. The van der Waals surface area contributed by atoms with Gasteiger partial charge in [-0.3, -0.25) is 10.1 Å². The van der Waals surface area contributed by atoms with Crippen LogP contribution in [0.4, 0.5) is 0 Å². The van der Waals surface area contributed by atoms with Crippen LogP contribution in [0.5, 0.6) is 0 Å². The van der Waals surface area contributed by atoms with Gasteiger partial charge in [0.1, 0.15) is 0 Å². The summed E-state index contributed by atoms with van der Waals surface area (Å²) in [5, 5.41) is 9.51. The molecule has 0 N–H and O–H groups in total. The number of rotatable bonds is 2. The van der Waals surface area contributed by atoms with Crippen molar-refractivity contribution in [1.82, 2.24) is 0 Å². The van der Waals surface area contributed by atoms with Crippen LogP contribution in [-0.4, -0.2) is 11.5 Å². The summed E-state index contributed by atoms with van der Waals surface area (Å²) in [6.07, 6.45) is 3.16. The van der Waals surface area contributed by atoms with Crippen LogP contribution < -0.4 is 0 Å². The first-order valence-electron chi connectivity index (χ1n) is 2.00. The summed E-state index contributed by atoms with van der Waals surface area (Å²) in [6, 6.07) is 0. The Labute approximate surface area is 41.8 Å². The molecule has 0 atom stereocenters. The zero-order valence-electron chi connectivity index (χ0n) is 4.13. The number of hydrogen-bond donors (Lipinski definition) is 0. The zero-order chi connectivity index (χ0) is 5.70. The van der Waals surface area contributed by atoms with Crippen LogP contribution in [0.15, 0.2) is 12.2 Å². The van der Waals surface area contributed by atoms with E-state index in [4.69, 9.17) is 0 Å². The van der Waals surface area contributed by atoms with Gasteiger partial charge in [-0.25, -0.2) is 0 Å². The SMILES string of the molecule is C/C=C\C[N+](=O)[O-]. The van der Waals surface area contributed by atoms with Gasteiger partial charge in [-0.15, -0.1) is 0 Å². The minimum Gasteiger partial charge on any atom is -0.264 e. The van der Waals surface area contributed by atoms with Crippen molar-refractivity contribution >= 4 is 0 Å². The highest BCUT2D eigenvalue weighted by Gasteiger charge is 1.83. The Morgan fingerprint density at radius 1 is 1.86 bits per heavy atom. The summed E-state index contributed by atoms with van der Waals surface area (Å²) in [5.74, 6) is 0. The molecular weight excluding hydrogens is 94.0 g/mol. The van der Waals surface area contributed by atoms with E-state index in [0.717, 1.165) is 0 Å². The molecule has 3 heteroatoms.